The van der Waals surface area contributed by atoms with E-state index in [0.29, 0.717) is 5.56 Å². The van der Waals surface area contributed by atoms with Crippen molar-refractivity contribution in [1.82, 2.24) is 15.2 Å². The summed E-state index contributed by atoms with van der Waals surface area (Å²) < 4.78 is 5.43. The van der Waals surface area contributed by atoms with Crippen molar-refractivity contribution in [2.45, 2.75) is 78.0 Å². The molecule has 2 heterocycles. The number of ether oxygens (including phenoxy) is 1. The smallest absolute Gasteiger partial charge is 0.408 e. The summed E-state index contributed by atoms with van der Waals surface area (Å²) in [5.74, 6) is 0.0322. The van der Waals surface area contributed by atoms with E-state index in [1.165, 1.54) is 11.3 Å². The number of hydrogen-bond acceptors (Lipinski definition) is 5. The Kier molecular flexibility index (Phi) is 7.06. The van der Waals surface area contributed by atoms with Gasteiger partial charge in [-0.25, -0.2) is 4.79 Å². The maximum atomic E-state index is 13.4. The first-order valence-corrected chi connectivity index (χ1v) is 12.6. The first kappa shape index (κ1) is 25.0. The van der Waals surface area contributed by atoms with Crippen LogP contribution >= 0.6 is 0 Å². The van der Waals surface area contributed by atoms with Crippen LogP contribution in [0, 0.1) is 13.8 Å². The van der Waals surface area contributed by atoms with Gasteiger partial charge < -0.3 is 19.9 Å². The van der Waals surface area contributed by atoms with Gasteiger partial charge in [0.25, 0.3) is 5.91 Å². The average molecular weight is 479 g/mol. The van der Waals surface area contributed by atoms with Crippen molar-refractivity contribution in [3.8, 4) is 0 Å². The normalized spacial score (nSPS) is 18.2. The molecular weight excluding hydrogens is 440 g/mol. The maximum absolute atomic E-state index is 13.4. The van der Waals surface area contributed by atoms with Crippen molar-refractivity contribution >= 4 is 17.7 Å². The summed E-state index contributed by atoms with van der Waals surface area (Å²) in [4.78, 5) is 34.5. The third kappa shape index (κ3) is 5.95. The Bertz CT molecular complexity index is 1080. The van der Waals surface area contributed by atoms with Crippen molar-refractivity contribution in [3.05, 3.63) is 58.4 Å². The number of rotatable bonds is 4. The molecule has 1 atom stereocenters. The van der Waals surface area contributed by atoms with Gasteiger partial charge in [0, 0.05) is 48.8 Å². The minimum atomic E-state index is -0.545. The van der Waals surface area contributed by atoms with Crippen molar-refractivity contribution in [1.29, 1.82) is 0 Å². The number of fused-ring (bicyclic) bond motifs is 1. The largest absolute Gasteiger partial charge is 0.444 e. The zero-order valence-electron chi connectivity index (χ0n) is 21.9. The van der Waals surface area contributed by atoms with Crippen LogP contribution in [0.15, 0.2) is 30.3 Å². The van der Waals surface area contributed by atoms with E-state index in [1.54, 1.807) is 0 Å². The molecule has 1 unspecified atom stereocenters. The van der Waals surface area contributed by atoms with Crippen molar-refractivity contribution in [2.24, 2.45) is 0 Å². The molecule has 1 aliphatic heterocycles. The predicted molar refractivity (Wildman–Crippen MR) is 138 cm³/mol. The van der Waals surface area contributed by atoms with Gasteiger partial charge in [-0.2, -0.15) is 0 Å². The minimum Gasteiger partial charge on any atom is -0.444 e. The second-order valence-electron chi connectivity index (χ2n) is 10.9. The third-order valence-corrected chi connectivity index (χ3v) is 6.93. The Hall–Kier alpha value is -3.09. The van der Waals surface area contributed by atoms with Gasteiger partial charge >= 0.3 is 6.09 Å². The molecule has 7 heteroatoms. The van der Waals surface area contributed by atoms with E-state index in [2.05, 4.69) is 27.3 Å². The molecule has 1 aromatic heterocycles. The number of carbonyl (C=O) groups is 2. The number of aryl methyl sites for hydroxylation is 3. The summed E-state index contributed by atoms with van der Waals surface area (Å²) >= 11 is 0. The van der Waals surface area contributed by atoms with Gasteiger partial charge in [0.15, 0.2) is 0 Å². The van der Waals surface area contributed by atoms with Crippen LogP contribution in [0.1, 0.15) is 78.9 Å². The second-order valence-corrected chi connectivity index (χ2v) is 10.9. The summed E-state index contributed by atoms with van der Waals surface area (Å²) in [6.45, 7) is 11.4. The molecule has 1 fully saturated rings. The van der Waals surface area contributed by atoms with Gasteiger partial charge in [0.2, 0.25) is 0 Å². The highest BCUT2D eigenvalue weighted by atomic mass is 16.6. The number of nitrogens with zero attached hydrogens (tertiary/aromatic N) is 3. The topological polar surface area (TPSA) is 74.8 Å². The van der Waals surface area contributed by atoms with Crippen LogP contribution in [0.5, 0.6) is 0 Å². The Labute approximate surface area is 208 Å². The number of hydrogen-bond donors (Lipinski definition) is 1. The van der Waals surface area contributed by atoms with E-state index in [-0.39, 0.29) is 18.0 Å². The molecule has 1 aromatic carbocycles. The number of alkyl carbamates (subject to hydrolysis) is 1. The molecule has 0 spiro atoms. The third-order valence-electron chi connectivity index (χ3n) is 6.93. The highest BCUT2D eigenvalue weighted by molar-refractivity contribution is 5.94. The molecule has 1 saturated heterocycles. The van der Waals surface area contributed by atoms with Crippen LogP contribution in [0.2, 0.25) is 0 Å². The Balaban J connectivity index is 1.39. The Morgan fingerprint density at radius 1 is 1.06 bits per heavy atom. The fourth-order valence-electron chi connectivity index (χ4n) is 5.21. The van der Waals surface area contributed by atoms with Crippen molar-refractivity contribution in [2.75, 3.05) is 25.0 Å². The van der Waals surface area contributed by atoms with Crippen LogP contribution in [0.3, 0.4) is 0 Å². The van der Waals surface area contributed by atoms with E-state index in [1.807, 2.05) is 64.8 Å². The lowest BCUT2D eigenvalue weighted by Gasteiger charge is -2.38. The number of carbonyl (C=O) groups excluding carboxylic acids is 2. The fourth-order valence-corrected chi connectivity index (χ4v) is 5.21. The molecule has 2 aromatic rings. The average Bonchev–Trinajstić information content (AvgIpc) is 3.18. The molecule has 2 aliphatic rings. The maximum Gasteiger partial charge on any atom is 0.408 e. The SMILES string of the molecule is Cc1cc(N2CCC(N(C)C(=O)c3ccc4c(c3)C(NC(=O)OC(C)(C)C)CC4)CC2)cc(C)n1. The zero-order valence-corrected chi connectivity index (χ0v) is 21.9. The van der Waals surface area contributed by atoms with E-state index >= 15 is 0 Å². The first-order valence-electron chi connectivity index (χ1n) is 12.6. The summed E-state index contributed by atoms with van der Waals surface area (Å²) in [6.07, 6.45) is 3.13. The van der Waals surface area contributed by atoms with Gasteiger partial charge in [-0.1, -0.05) is 6.07 Å². The number of amides is 2. The van der Waals surface area contributed by atoms with Gasteiger partial charge in [-0.05, 0) is 95.7 Å². The molecule has 7 nitrogen and oxygen atoms in total. The lowest BCUT2D eigenvalue weighted by molar-refractivity contribution is 0.0503. The van der Waals surface area contributed by atoms with Crippen LogP contribution < -0.4 is 10.2 Å². The van der Waals surface area contributed by atoms with E-state index < -0.39 is 11.7 Å². The number of anilines is 1. The lowest BCUT2D eigenvalue weighted by atomic mass is 10.00. The minimum absolute atomic E-state index is 0.0322. The number of piperidine rings is 1. The lowest BCUT2D eigenvalue weighted by Crippen LogP contribution is -2.45. The highest BCUT2D eigenvalue weighted by Gasteiger charge is 2.30. The quantitative estimate of drug-likeness (QED) is 0.673. The number of nitrogens with one attached hydrogen (secondary N) is 1. The zero-order chi connectivity index (χ0) is 25.3. The van der Waals surface area contributed by atoms with Gasteiger partial charge in [0.1, 0.15) is 5.60 Å². The van der Waals surface area contributed by atoms with Crippen molar-refractivity contribution in [3.63, 3.8) is 0 Å². The van der Waals surface area contributed by atoms with Crippen LogP contribution in [-0.4, -0.2) is 53.7 Å². The summed E-state index contributed by atoms with van der Waals surface area (Å²) in [6, 6.07) is 10.2. The van der Waals surface area contributed by atoms with E-state index in [9.17, 15) is 9.59 Å². The van der Waals surface area contributed by atoms with Crippen LogP contribution in [-0.2, 0) is 11.2 Å². The van der Waals surface area contributed by atoms with Gasteiger partial charge in [-0.3, -0.25) is 9.78 Å². The molecule has 2 amide bonds. The van der Waals surface area contributed by atoms with E-state index in [0.717, 1.165) is 55.7 Å². The highest BCUT2D eigenvalue weighted by Crippen LogP contribution is 2.33. The van der Waals surface area contributed by atoms with E-state index in [4.69, 9.17) is 4.74 Å². The van der Waals surface area contributed by atoms with Crippen LogP contribution in [0.25, 0.3) is 0 Å². The molecule has 4 rings (SSSR count). The molecule has 1 aliphatic carbocycles. The fraction of sp³-hybridized carbons (Fsp3) is 0.536. The summed E-state index contributed by atoms with van der Waals surface area (Å²) in [5.41, 5.74) is 5.61. The molecule has 0 bridgehead atoms. The van der Waals surface area contributed by atoms with Gasteiger partial charge in [0.05, 0.1) is 6.04 Å². The molecule has 35 heavy (non-hydrogen) atoms. The van der Waals surface area contributed by atoms with Crippen LogP contribution in [0.4, 0.5) is 10.5 Å². The first-order chi connectivity index (χ1) is 16.5. The molecule has 0 radical (unpaired) electrons. The molecular formula is C28H38N4O3. The number of aromatic nitrogens is 1. The Morgan fingerprint density at radius 2 is 1.71 bits per heavy atom. The second kappa shape index (κ2) is 9.88. The summed E-state index contributed by atoms with van der Waals surface area (Å²) in [7, 11) is 1.91. The number of benzene rings is 1. The molecule has 1 N–H and O–H groups in total. The monoisotopic (exact) mass is 478 g/mol. The predicted octanol–water partition coefficient (Wildman–Crippen LogP) is 4.95. The van der Waals surface area contributed by atoms with Gasteiger partial charge in [-0.15, -0.1) is 0 Å². The summed E-state index contributed by atoms with van der Waals surface area (Å²) in [5, 5.41) is 2.98. The Morgan fingerprint density at radius 3 is 2.34 bits per heavy atom. The number of pyridine rings is 1. The standard InChI is InChI=1S/C28H38N4O3/c1-18-15-23(16-19(2)29-18)32-13-11-22(12-14-32)31(6)26(33)21-8-7-20-9-10-25(24(20)17-21)30-27(34)35-28(3,4)5/h7-8,15-17,22,25H,9-14H2,1-6H3,(H,30,34). The van der Waals surface area contributed by atoms with Crippen molar-refractivity contribution < 1.29 is 14.3 Å². The molecule has 0 saturated carbocycles. The molecule has 188 valence electrons.